The van der Waals surface area contributed by atoms with E-state index in [1.807, 2.05) is 12.1 Å². The van der Waals surface area contributed by atoms with Gasteiger partial charge in [0.15, 0.2) is 17.5 Å². The topological polar surface area (TPSA) is 79.9 Å². The number of ether oxygens (including phenoxy) is 3. The van der Waals surface area contributed by atoms with Gasteiger partial charge in [-0.1, -0.05) is 12.1 Å². The molecular formula is C24H32N4O3. The van der Waals surface area contributed by atoms with Gasteiger partial charge in [0.05, 0.1) is 27.9 Å². The molecule has 0 radical (unpaired) electrons. The van der Waals surface area contributed by atoms with Crippen molar-refractivity contribution in [3.05, 3.63) is 53.2 Å². The molecule has 7 heteroatoms. The summed E-state index contributed by atoms with van der Waals surface area (Å²) in [5.74, 6) is 2.76. The van der Waals surface area contributed by atoms with Gasteiger partial charge in [-0.25, -0.2) is 4.99 Å². The zero-order valence-electron chi connectivity index (χ0n) is 19.0. The van der Waals surface area contributed by atoms with Gasteiger partial charge in [-0.05, 0) is 43.5 Å². The van der Waals surface area contributed by atoms with Crippen LogP contribution >= 0.6 is 0 Å². The smallest absolute Gasteiger partial charge is 0.191 e. The molecule has 0 saturated carbocycles. The summed E-state index contributed by atoms with van der Waals surface area (Å²) in [6, 6.07) is 10.2. The normalized spacial score (nSPS) is 11.5. The number of guanidine groups is 1. The fourth-order valence-corrected chi connectivity index (χ4v) is 3.54. The number of benzene rings is 2. The Morgan fingerprint density at radius 2 is 1.68 bits per heavy atom. The maximum Gasteiger partial charge on any atom is 0.191 e. The van der Waals surface area contributed by atoms with Crippen molar-refractivity contribution in [2.45, 2.75) is 26.8 Å². The minimum Gasteiger partial charge on any atom is -0.496 e. The lowest BCUT2D eigenvalue weighted by Gasteiger charge is -2.14. The number of nitrogens with zero attached hydrogens (tertiary/aromatic N) is 1. The summed E-state index contributed by atoms with van der Waals surface area (Å²) in [6.45, 7) is 6.16. The molecule has 0 aliphatic carbocycles. The van der Waals surface area contributed by atoms with Gasteiger partial charge >= 0.3 is 0 Å². The van der Waals surface area contributed by atoms with Gasteiger partial charge in [-0.2, -0.15) is 0 Å². The van der Waals surface area contributed by atoms with Gasteiger partial charge in [0.2, 0.25) is 0 Å². The van der Waals surface area contributed by atoms with Crippen LogP contribution in [0.1, 0.15) is 23.6 Å². The molecule has 0 atom stereocenters. The number of aromatic nitrogens is 1. The number of methoxy groups -OCH3 is 3. The average molecular weight is 425 g/mol. The summed E-state index contributed by atoms with van der Waals surface area (Å²) in [5, 5.41) is 7.99. The predicted octanol–water partition coefficient (Wildman–Crippen LogP) is 3.80. The van der Waals surface area contributed by atoms with E-state index in [0.717, 1.165) is 31.0 Å². The number of fused-ring (bicyclic) bond motifs is 1. The SMILES string of the molecule is CCNC(=NCc1cc(OC)c(OC)cc1OC)NCCc1c[nH]c2cc(C)ccc12. The third-order valence-corrected chi connectivity index (χ3v) is 5.15. The van der Waals surface area contributed by atoms with E-state index in [9.17, 15) is 0 Å². The molecule has 7 nitrogen and oxygen atoms in total. The molecule has 0 aliphatic heterocycles. The number of rotatable bonds is 9. The van der Waals surface area contributed by atoms with Crippen molar-refractivity contribution in [3.63, 3.8) is 0 Å². The average Bonchev–Trinajstić information content (AvgIpc) is 3.18. The number of aryl methyl sites for hydroxylation is 1. The number of hydrogen-bond donors (Lipinski definition) is 3. The van der Waals surface area contributed by atoms with E-state index in [-0.39, 0.29) is 0 Å². The lowest BCUT2D eigenvalue weighted by molar-refractivity contribution is 0.347. The molecular weight excluding hydrogens is 392 g/mol. The molecule has 0 spiro atoms. The van der Waals surface area contributed by atoms with Crippen LogP contribution in [0.3, 0.4) is 0 Å². The third-order valence-electron chi connectivity index (χ3n) is 5.15. The Kier molecular flexibility index (Phi) is 7.65. The molecule has 3 rings (SSSR count). The molecule has 31 heavy (non-hydrogen) atoms. The Bertz CT molecular complexity index is 1040. The minimum absolute atomic E-state index is 0.450. The van der Waals surface area contributed by atoms with E-state index >= 15 is 0 Å². The summed E-state index contributed by atoms with van der Waals surface area (Å²) in [6.07, 6.45) is 2.98. The van der Waals surface area contributed by atoms with Gasteiger partial charge in [0.25, 0.3) is 0 Å². The molecule has 0 amide bonds. The van der Waals surface area contributed by atoms with E-state index in [2.05, 4.69) is 53.9 Å². The Labute approximate surface area is 183 Å². The number of nitrogens with one attached hydrogen (secondary N) is 3. The van der Waals surface area contributed by atoms with Crippen LogP contribution in [0, 0.1) is 6.92 Å². The van der Waals surface area contributed by atoms with Crippen molar-refractivity contribution in [3.8, 4) is 17.2 Å². The van der Waals surface area contributed by atoms with E-state index in [1.54, 1.807) is 21.3 Å². The highest BCUT2D eigenvalue weighted by atomic mass is 16.5. The zero-order valence-corrected chi connectivity index (χ0v) is 19.0. The van der Waals surface area contributed by atoms with Crippen LogP contribution in [0.15, 0.2) is 41.5 Å². The quantitative estimate of drug-likeness (QED) is 0.360. The summed E-state index contributed by atoms with van der Waals surface area (Å²) in [4.78, 5) is 8.09. The molecule has 3 N–H and O–H groups in total. The van der Waals surface area contributed by atoms with Crippen LogP contribution in [0.5, 0.6) is 17.2 Å². The van der Waals surface area contributed by atoms with Crippen LogP contribution in [-0.4, -0.2) is 45.4 Å². The van der Waals surface area contributed by atoms with Crippen LogP contribution in [0.2, 0.25) is 0 Å². The first-order valence-corrected chi connectivity index (χ1v) is 10.5. The van der Waals surface area contributed by atoms with Gasteiger partial charge in [0.1, 0.15) is 5.75 Å². The van der Waals surface area contributed by atoms with Crippen molar-refractivity contribution in [2.24, 2.45) is 4.99 Å². The largest absolute Gasteiger partial charge is 0.496 e. The maximum absolute atomic E-state index is 5.51. The fourth-order valence-electron chi connectivity index (χ4n) is 3.54. The van der Waals surface area contributed by atoms with Crippen molar-refractivity contribution in [2.75, 3.05) is 34.4 Å². The van der Waals surface area contributed by atoms with Gasteiger partial charge in [-0.3, -0.25) is 0 Å². The molecule has 1 aromatic heterocycles. The van der Waals surface area contributed by atoms with Crippen molar-refractivity contribution in [1.29, 1.82) is 0 Å². The highest BCUT2D eigenvalue weighted by molar-refractivity contribution is 5.84. The van der Waals surface area contributed by atoms with Crippen LogP contribution in [0.4, 0.5) is 0 Å². The fraction of sp³-hybridized carbons (Fsp3) is 0.375. The Balaban J connectivity index is 1.68. The Morgan fingerprint density at radius 3 is 2.39 bits per heavy atom. The van der Waals surface area contributed by atoms with Crippen LogP contribution in [0.25, 0.3) is 10.9 Å². The van der Waals surface area contributed by atoms with Crippen LogP contribution in [-0.2, 0) is 13.0 Å². The molecule has 1 heterocycles. The summed E-state index contributed by atoms with van der Waals surface area (Å²) < 4.78 is 16.3. The highest BCUT2D eigenvalue weighted by Crippen LogP contribution is 2.34. The van der Waals surface area contributed by atoms with Gasteiger partial charge in [0, 0.05) is 41.8 Å². The number of hydrogen-bond acceptors (Lipinski definition) is 4. The zero-order chi connectivity index (χ0) is 22.2. The number of aromatic amines is 1. The molecule has 166 valence electrons. The number of H-pyrrole nitrogens is 1. The lowest BCUT2D eigenvalue weighted by Crippen LogP contribution is -2.38. The lowest BCUT2D eigenvalue weighted by atomic mass is 10.1. The standard InChI is InChI=1S/C24H32N4O3/c1-6-25-24(26-10-9-17-14-27-20-11-16(2)7-8-19(17)20)28-15-18-12-22(30-4)23(31-5)13-21(18)29-3/h7-8,11-14,27H,6,9-10,15H2,1-5H3,(H2,25,26,28). The summed E-state index contributed by atoms with van der Waals surface area (Å²) >= 11 is 0. The molecule has 0 aliphatic rings. The second-order valence-corrected chi connectivity index (χ2v) is 7.25. The molecule has 2 aromatic carbocycles. The monoisotopic (exact) mass is 424 g/mol. The van der Waals surface area contributed by atoms with Crippen molar-refractivity contribution >= 4 is 16.9 Å². The predicted molar refractivity (Wildman–Crippen MR) is 126 cm³/mol. The number of aliphatic imine (C=N–C) groups is 1. The molecule has 3 aromatic rings. The third kappa shape index (κ3) is 5.42. The molecule has 0 saturated heterocycles. The maximum atomic E-state index is 5.51. The minimum atomic E-state index is 0.450. The van der Waals surface area contributed by atoms with Crippen molar-refractivity contribution in [1.82, 2.24) is 15.6 Å². The van der Waals surface area contributed by atoms with E-state index in [1.165, 1.54) is 22.0 Å². The summed E-state index contributed by atoms with van der Waals surface area (Å²) in [7, 11) is 4.87. The van der Waals surface area contributed by atoms with Crippen LogP contribution < -0.4 is 24.8 Å². The second-order valence-electron chi connectivity index (χ2n) is 7.25. The molecule has 0 bridgehead atoms. The van der Waals surface area contributed by atoms with E-state index < -0.39 is 0 Å². The van der Waals surface area contributed by atoms with Gasteiger partial charge in [-0.15, -0.1) is 0 Å². The van der Waals surface area contributed by atoms with E-state index in [4.69, 9.17) is 19.2 Å². The highest BCUT2D eigenvalue weighted by Gasteiger charge is 2.12. The first-order valence-electron chi connectivity index (χ1n) is 10.5. The summed E-state index contributed by atoms with van der Waals surface area (Å²) in [5.41, 5.74) is 4.64. The first-order chi connectivity index (χ1) is 15.1. The van der Waals surface area contributed by atoms with E-state index in [0.29, 0.717) is 23.8 Å². The molecule has 0 unspecified atom stereocenters. The Morgan fingerprint density at radius 1 is 0.935 bits per heavy atom. The van der Waals surface area contributed by atoms with Gasteiger partial charge < -0.3 is 29.8 Å². The van der Waals surface area contributed by atoms with Crippen molar-refractivity contribution < 1.29 is 14.2 Å². The first kappa shape index (κ1) is 22.3. The second kappa shape index (κ2) is 10.6. The Hall–Kier alpha value is -3.35. The molecule has 0 fully saturated rings.